The maximum Gasteiger partial charge on any atom is 0.321 e. The van der Waals surface area contributed by atoms with Crippen molar-refractivity contribution in [2.75, 3.05) is 38.0 Å². The Morgan fingerprint density at radius 3 is 2.33 bits per heavy atom. The smallest absolute Gasteiger partial charge is 0.321 e. The van der Waals surface area contributed by atoms with Gasteiger partial charge in [-0.15, -0.1) is 0 Å². The van der Waals surface area contributed by atoms with Crippen LogP contribution in [0.2, 0.25) is 0 Å². The SMILES string of the molecule is CCN1CCN(C(=O)Nc2ccc(OC(C)C)cc2)CC1. The number of carbonyl (C=O) groups is 1. The molecule has 1 aromatic rings. The van der Waals surface area contributed by atoms with Crippen LogP contribution in [0.15, 0.2) is 24.3 Å². The average Bonchev–Trinajstić information content (AvgIpc) is 2.49. The molecule has 0 radical (unpaired) electrons. The summed E-state index contributed by atoms with van der Waals surface area (Å²) in [5, 5.41) is 2.94. The highest BCUT2D eigenvalue weighted by molar-refractivity contribution is 5.89. The van der Waals surface area contributed by atoms with Gasteiger partial charge in [0.15, 0.2) is 0 Å². The van der Waals surface area contributed by atoms with Crippen molar-refractivity contribution in [3.8, 4) is 5.75 Å². The molecule has 2 rings (SSSR count). The molecule has 116 valence electrons. The van der Waals surface area contributed by atoms with E-state index in [0.717, 1.165) is 44.2 Å². The molecule has 0 atom stereocenters. The van der Waals surface area contributed by atoms with Crippen molar-refractivity contribution in [1.29, 1.82) is 0 Å². The molecule has 1 aliphatic rings. The first-order chi connectivity index (χ1) is 10.1. The van der Waals surface area contributed by atoms with E-state index in [2.05, 4.69) is 17.1 Å². The highest BCUT2D eigenvalue weighted by Crippen LogP contribution is 2.17. The molecule has 0 unspecified atom stereocenters. The lowest BCUT2D eigenvalue weighted by Crippen LogP contribution is -2.49. The Hall–Kier alpha value is -1.75. The van der Waals surface area contributed by atoms with Crippen molar-refractivity contribution in [2.45, 2.75) is 26.9 Å². The van der Waals surface area contributed by atoms with Crippen LogP contribution in [0, 0.1) is 0 Å². The second-order valence-corrected chi connectivity index (χ2v) is 5.54. The van der Waals surface area contributed by atoms with E-state index in [1.807, 2.05) is 43.0 Å². The average molecular weight is 291 g/mol. The lowest BCUT2D eigenvalue weighted by atomic mass is 10.3. The molecule has 5 heteroatoms. The summed E-state index contributed by atoms with van der Waals surface area (Å²) in [4.78, 5) is 16.4. The van der Waals surface area contributed by atoms with E-state index >= 15 is 0 Å². The van der Waals surface area contributed by atoms with Crippen LogP contribution in [0.25, 0.3) is 0 Å². The van der Waals surface area contributed by atoms with Gasteiger partial charge in [-0.2, -0.15) is 0 Å². The first-order valence-electron chi connectivity index (χ1n) is 7.63. The summed E-state index contributed by atoms with van der Waals surface area (Å²) in [6.45, 7) is 10.7. The molecule has 1 aliphatic heterocycles. The summed E-state index contributed by atoms with van der Waals surface area (Å²) in [5.74, 6) is 0.819. The number of hydrogen-bond acceptors (Lipinski definition) is 3. The van der Waals surface area contributed by atoms with Crippen LogP contribution in [-0.2, 0) is 0 Å². The number of nitrogens with zero attached hydrogens (tertiary/aromatic N) is 2. The standard InChI is InChI=1S/C16H25N3O2/c1-4-18-9-11-19(12-10-18)16(20)17-14-5-7-15(8-6-14)21-13(2)3/h5-8,13H,4,9-12H2,1-3H3,(H,17,20). The molecule has 0 aliphatic carbocycles. The minimum absolute atomic E-state index is 0.0247. The summed E-state index contributed by atoms with van der Waals surface area (Å²) >= 11 is 0. The Bertz CT molecular complexity index is 451. The van der Waals surface area contributed by atoms with Crippen LogP contribution in [0.4, 0.5) is 10.5 Å². The quantitative estimate of drug-likeness (QED) is 0.927. The third kappa shape index (κ3) is 4.63. The van der Waals surface area contributed by atoms with Gasteiger partial charge in [0.2, 0.25) is 0 Å². The van der Waals surface area contributed by atoms with E-state index in [0.29, 0.717) is 0 Å². The largest absolute Gasteiger partial charge is 0.491 e. The van der Waals surface area contributed by atoms with Crippen LogP contribution in [0.1, 0.15) is 20.8 Å². The molecule has 21 heavy (non-hydrogen) atoms. The van der Waals surface area contributed by atoms with Gasteiger partial charge in [0, 0.05) is 31.9 Å². The number of rotatable bonds is 4. The van der Waals surface area contributed by atoms with E-state index in [-0.39, 0.29) is 12.1 Å². The number of hydrogen-bond donors (Lipinski definition) is 1. The van der Waals surface area contributed by atoms with Gasteiger partial charge in [0.25, 0.3) is 0 Å². The third-order valence-electron chi connectivity index (χ3n) is 3.58. The zero-order valence-corrected chi connectivity index (χ0v) is 13.1. The van der Waals surface area contributed by atoms with E-state index < -0.39 is 0 Å². The lowest BCUT2D eigenvalue weighted by Gasteiger charge is -2.33. The van der Waals surface area contributed by atoms with Gasteiger partial charge in [0.05, 0.1) is 6.10 Å². The van der Waals surface area contributed by atoms with Crippen molar-refractivity contribution in [1.82, 2.24) is 9.80 Å². The number of anilines is 1. The normalized spacial score (nSPS) is 16.1. The van der Waals surface area contributed by atoms with Crippen LogP contribution in [0.5, 0.6) is 5.75 Å². The Kier molecular flexibility index (Phi) is 5.44. The predicted molar refractivity (Wildman–Crippen MR) is 84.9 cm³/mol. The van der Waals surface area contributed by atoms with Gasteiger partial charge in [-0.25, -0.2) is 4.79 Å². The highest BCUT2D eigenvalue weighted by Gasteiger charge is 2.19. The zero-order chi connectivity index (χ0) is 15.2. The summed E-state index contributed by atoms with van der Waals surface area (Å²) in [6, 6.07) is 7.48. The summed E-state index contributed by atoms with van der Waals surface area (Å²) in [6.07, 6.45) is 0.153. The maximum atomic E-state index is 12.2. The number of urea groups is 1. The number of nitrogens with one attached hydrogen (secondary N) is 1. The molecule has 0 bridgehead atoms. The Balaban J connectivity index is 1.85. The summed E-state index contributed by atoms with van der Waals surface area (Å²) < 4.78 is 5.59. The molecule has 1 saturated heterocycles. The number of carbonyl (C=O) groups excluding carboxylic acids is 1. The molecular weight excluding hydrogens is 266 g/mol. The van der Waals surface area contributed by atoms with Gasteiger partial charge < -0.3 is 19.9 Å². The minimum atomic E-state index is -0.0247. The first kappa shape index (κ1) is 15.6. The van der Waals surface area contributed by atoms with E-state index in [4.69, 9.17) is 4.74 Å². The topological polar surface area (TPSA) is 44.8 Å². The molecule has 1 fully saturated rings. The van der Waals surface area contributed by atoms with Crippen molar-refractivity contribution >= 4 is 11.7 Å². The minimum Gasteiger partial charge on any atom is -0.491 e. The van der Waals surface area contributed by atoms with Crippen LogP contribution >= 0.6 is 0 Å². The zero-order valence-electron chi connectivity index (χ0n) is 13.1. The first-order valence-corrected chi connectivity index (χ1v) is 7.63. The van der Waals surface area contributed by atoms with Crippen molar-refractivity contribution < 1.29 is 9.53 Å². The number of benzene rings is 1. The fourth-order valence-corrected chi connectivity index (χ4v) is 2.36. The molecule has 0 saturated carbocycles. The second-order valence-electron chi connectivity index (χ2n) is 5.54. The lowest BCUT2D eigenvalue weighted by molar-refractivity contribution is 0.151. The van der Waals surface area contributed by atoms with Gasteiger partial charge in [-0.1, -0.05) is 6.92 Å². The summed E-state index contributed by atoms with van der Waals surface area (Å²) in [7, 11) is 0. The number of likely N-dealkylation sites (N-methyl/N-ethyl adjacent to an activating group) is 1. The molecule has 0 spiro atoms. The number of ether oxygens (including phenoxy) is 1. The van der Waals surface area contributed by atoms with Crippen LogP contribution < -0.4 is 10.1 Å². The third-order valence-corrected chi connectivity index (χ3v) is 3.58. The molecule has 1 aromatic carbocycles. The molecule has 2 amide bonds. The maximum absolute atomic E-state index is 12.2. The van der Waals surface area contributed by atoms with Crippen molar-refractivity contribution in [3.05, 3.63) is 24.3 Å². The highest BCUT2D eigenvalue weighted by atomic mass is 16.5. The Morgan fingerprint density at radius 2 is 1.81 bits per heavy atom. The molecular formula is C16H25N3O2. The molecule has 1 N–H and O–H groups in total. The monoisotopic (exact) mass is 291 g/mol. The van der Waals surface area contributed by atoms with Crippen LogP contribution in [-0.4, -0.2) is 54.7 Å². The van der Waals surface area contributed by atoms with Crippen LogP contribution in [0.3, 0.4) is 0 Å². The van der Waals surface area contributed by atoms with Crippen molar-refractivity contribution in [3.63, 3.8) is 0 Å². The number of piperazine rings is 1. The van der Waals surface area contributed by atoms with Gasteiger partial charge in [-0.3, -0.25) is 0 Å². The fourth-order valence-electron chi connectivity index (χ4n) is 2.36. The Morgan fingerprint density at radius 1 is 1.19 bits per heavy atom. The number of amides is 2. The van der Waals surface area contributed by atoms with Gasteiger partial charge in [0.1, 0.15) is 5.75 Å². The Labute approximate surface area is 126 Å². The molecule has 0 aromatic heterocycles. The van der Waals surface area contributed by atoms with E-state index in [1.54, 1.807) is 0 Å². The fraction of sp³-hybridized carbons (Fsp3) is 0.562. The summed E-state index contributed by atoms with van der Waals surface area (Å²) in [5.41, 5.74) is 0.800. The van der Waals surface area contributed by atoms with Crippen molar-refractivity contribution in [2.24, 2.45) is 0 Å². The molecule has 1 heterocycles. The predicted octanol–water partition coefficient (Wildman–Crippen LogP) is 2.64. The van der Waals surface area contributed by atoms with Gasteiger partial charge in [-0.05, 0) is 44.7 Å². The second kappa shape index (κ2) is 7.31. The van der Waals surface area contributed by atoms with E-state index in [9.17, 15) is 4.79 Å². The van der Waals surface area contributed by atoms with Gasteiger partial charge >= 0.3 is 6.03 Å². The van der Waals surface area contributed by atoms with E-state index in [1.165, 1.54) is 0 Å². The molecule has 5 nitrogen and oxygen atoms in total.